The second kappa shape index (κ2) is 8.69. The van der Waals surface area contributed by atoms with Gasteiger partial charge in [0, 0.05) is 18.7 Å². The van der Waals surface area contributed by atoms with Crippen molar-refractivity contribution >= 4 is 11.8 Å². The standard InChI is InChI=1S/C20H23N3S/c1-2-14-23-19(16-18-11-7-4-8-12-18)21-22-20(23)24-15-13-17-9-5-3-6-10-17/h3-12H,2,13-16H2,1H3. The molecule has 0 saturated heterocycles. The largest absolute Gasteiger partial charge is 0.306 e. The highest BCUT2D eigenvalue weighted by atomic mass is 32.2. The zero-order valence-corrected chi connectivity index (χ0v) is 14.9. The number of hydrogen-bond acceptors (Lipinski definition) is 3. The molecule has 2 aromatic carbocycles. The minimum atomic E-state index is 0.840. The van der Waals surface area contributed by atoms with Gasteiger partial charge in [-0.25, -0.2) is 0 Å². The highest BCUT2D eigenvalue weighted by Crippen LogP contribution is 2.20. The van der Waals surface area contributed by atoms with Crippen molar-refractivity contribution in [2.45, 2.75) is 37.9 Å². The van der Waals surface area contributed by atoms with Crippen molar-refractivity contribution in [1.29, 1.82) is 0 Å². The van der Waals surface area contributed by atoms with E-state index in [0.29, 0.717) is 0 Å². The van der Waals surface area contributed by atoms with Gasteiger partial charge >= 0.3 is 0 Å². The highest BCUT2D eigenvalue weighted by Gasteiger charge is 2.12. The van der Waals surface area contributed by atoms with E-state index in [1.807, 2.05) is 6.07 Å². The minimum Gasteiger partial charge on any atom is -0.306 e. The number of benzene rings is 2. The summed E-state index contributed by atoms with van der Waals surface area (Å²) in [6.45, 7) is 3.17. The summed E-state index contributed by atoms with van der Waals surface area (Å²) < 4.78 is 2.28. The van der Waals surface area contributed by atoms with Crippen molar-refractivity contribution in [3.8, 4) is 0 Å². The summed E-state index contributed by atoms with van der Waals surface area (Å²) in [6, 6.07) is 21.1. The Kier molecular flexibility index (Phi) is 6.07. The summed E-state index contributed by atoms with van der Waals surface area (Å²) in [5.41, 5.74) is 2.65. The molecule has 0 N–H and O–H groups in total. The van der Waals surface area contributed by atoms with Crippen molar-refractivity contribution in [3.63, 3.8) is 0 Å². The van der Waals surface area contributed by atoms with Crippen LogP contribution in [0.1, 0.15) is 30.3 Å². The summed E-state index contributed by atoms with van der Waals surface area (Å²) >= 11 is 1.80. The Labute approximate surface area is 148 Å². The highest BCUT2D eigenvalue weighted by molar-refractivity contribution is 7.99. The number of rotatable bonds is 8. The number of hydrogen-bond donors (Lipinski definition) is 0. The average molecular weight is 337 g/mol. The molecule has 0 amide bonds. The van der Waals surface area contributed by atoms with E-state index in [9.17, 15) is 0 Å². The zero-order valence-electron chi connectivity index (χ0n) is 14.1. The van der Waals surface area contributed by atoms with Gasteiger partial charge in [0.2, 0.25) is 0 Å². The molecule has 0 spiro atoms. The summed E-state index contributed by atoms with van der Waals surface area (Å²) in [7, 11) is 0. The van der Waals surface area contributed by atoms with Crippen molar-refractivity contribution in [3.05, 3.63) is 77.6 Å². The fraction of sp³-hybridized carbons (Fsp3) is 0.300. The maximum atomic E-state index is 4.45. The van der Waals surface area contributed by atoms with Crippen LogP contribution in [0, 0.1) is 0 Å². The molecule has 3 nitrogen and oxygen atoms in total. The topological polar surface area (TPSA) is 30.7 Å². The lowest BCUT2D eigenvalue weighted by atomic mass is 10.1. The van der Waals surface area contributed by atoms with Gasteiger partial charge < -0.3 is 4.57 Å². The molecule has 0 saturated carbocycles. The first kappa shape index (κ1) is 16.8. The van der Waals surface area contributed by atoms with Gasteiger partial charge in [0.15, 0.2) is 5.16 Å². The molecule has 1 heterocycles. The van der Waals surface area contributed by atoms with E-state index in [0.717, 1.165) is 42.5 Å². The van der Waals surface area contributed by atoms with E-state index in [1.165, 1.54) is 11.1 Å². The first-order valence-corrected chi connectivity index (χ1v) is 9.48. The molecule has 0 aliphatic carbocycles. The van der Waals surface area contributed by atoms with Gasteiger partial charge in [-0.1, -0.05) is 79.3 Å². The Hall–Kier alpha value is -2.07. The monoisotopic (exact) mass is 337 g/mol. The van der Waals surface area contributed by atoms with Crippen LogP contribution in [0.4, 0.5) is 0 Å². The summed E-state index contributed by atoms with van der Waals surface area (Å²) in [6.07, 6.45) is 2.98. The Bertz CT molecular complexity index is 738. The molecule has 3 rings (SSSR count). The van der Waals surface area contributed by atoms with Gasteiger partial charge in [-0.2, -0.15) is 0 Å². The van der Waals surface area contributed by atoms with Gasteiger partial charge in [-0.15, -0.1) is 10.2 Å². The summed E-state index contributed by atoms with van der Waals surface area (Å²) in [5.74, 6) is 2.09. The SMILES string of the molecule is CCCn1c(Cc2ccccc2)nnc1SCCc1ccccc1. The molecule has 0 bridgehead atoms. The van der Waals surface area contributed by atoms with Crippen LogP contribution in [-0.4, -0.2) is 20.5 Å². The van der Waals surface area contributed by atoms with Gasteiger partial charge in [-0.05, 0) is 24.0 Å². The van der Waals surface area contributed by atoms with E-state index in [4.69, 9.17) is 0 Å². The van der Waals surface area contributed by atoms with Gasteiger partial charge in [0.05, 0.1) is 0 Å². The Morgan fingerprint density at radius 3 is 2.21 bits per heavy atom. The third-order valence-electron chi connectivity index (χ3n) is 3.91. The molecule has 1 aromatic heterocycles. The van der Waals surface area contributed by atoms with Crippen LogP contribution in [0.15, 0.2) is 65.8 Å². The zero-order chi connectivity index (χ0) is 16.6. The first-order chi connectivity index (χ1) is 11.9. The third-order valence-corrected chi connectivity index (χ3v) is 4.88. The van der Waals surface area contributed by atoms with Crippen LogP contribution in [0.25, 0.3) is 0 Å². The van der Waals surface area contributed by atoms with E-state index in [-0.39, 0.29) is 0 Å². The van der Waals surface area contributed by atoms with Crippen LogP contribution in [0.5, 0.6) is 0 Å². The molecular weight excluding hydrogens is 314 g/mol. The molecule has 124 valence electrons. The molecule has 0 fully saturated rings. The summed E-state index contributed by atoms with van der Waals surface area (Å²) in [5, 5.41) is 9.93. The van der Waals surface area contributed by atoms with Crippen molar-refractivity contribution in [1.82, 2.24) is 14.8 Å². The maximum absolute atomic E-state index is 4.45. The number of aryl methyl sites for hydroxylation is 1. The van der Waals surface area contributed by atoms with E-state index < -0.39 is 0 Å². The van der Waals surface area contributed by atoms with Crippen LogP contribution in [0.2, 0.25) is 0 Å². The molecule has 0 unspecified atom stereocenters. The molecule has 0 aliphatic rings. The molecule has 0 aliphatic heterocycles. The smallest absolute Gasteiger partial charge is 0.191 e. The molecule has 24 heavy (non-hydrogen) atoms. The van der Waals surface area contributed by atoms with E-state index >= 15 is 0 Å². The first-order valence-electron chi connectivity index (χ1n) is 8.49. The van der Waals surface area contributed by atoms with Crippen LogP contribution in [0.3, 0.4) is 0 Å². The van der Waals surface area contributed by atoms with Crippen molar-refractivity contribution in [2.24, 2.45) is 0 Å². The van der Waals surface area contributed by atoms with Crippen molar-refractivity contribution < 1.29 is 0 Å². The van der Waals surface area contributed by atoms with Crippen LogP contribution in [-0.2, 0) is 19.4 Å². The number of nitrogens with zero attached hydrogens (tertiary/aromatic N) is 3. The lowest BCUT2D eigenvalue weighted by Gasteiger charge is -2.09. The third kappa shape index (κ3) is 4.48. The molecule has 0 atom stereocenters. The van der Waals surface area contributed by atoms with Gasteiger partial charge in [-0.3, -0.25) is 0 Å². The molecule has 4 heteroatoms. The predicted octanol–water partition coefficient (Wildman–Crippen LogP) is 4.61. The fourth-order valence-corrected chi connectivity index (χ4v) is 3.66. The summed E-state index contributed by atoms with van der Waals surface area (Å²) in [4.78, 5) is 0. The second-order valence-corrected chi connectivity index (χ2v) is 6.86. The fourth-order valence-electron chi connectivity index (χ4n) is 2.69. The molecule has 3 aromatic rings. The Morgan fingerprint density at radius 2 is 1.54 bits per heavy atom. The lowest BCUT2D eigenvalue weighted by Crippen LogP contribution is -2.06. The van der Waals surface area contributed by atoms with Crippen molar-refractivity contribution in [2.75, 3.05) is 5.75 Å². The van der Waals surface area contributed by atoms with Crippen LogP contribution < -0.4 is 0 Å². The van der Waals surface area contributed by atoms with Gasteiger partial charge in [0.1, 0.15) is 5.82 Å². The normalized spacial score (nSPS) is 10.9. The average Bonchev–Trinajstić information content (AvgIpc) is 2.99. The van der Waals surface area contributed by atoms with Crippen LogP contribution >= 0.6 is 11.8 Å². The quantitative estimate of drug-likeness (QED) is 0.562. The lowest BCUT2D eigenvalue weighted by molar-refractivity contribution is 0.598. The van der Waals surface area contributed by atoms with Gasteiger partial charge in [0.25, 0.3) is 0 Å². The van der Waals surface area contributed by atoms with E-state index in [2.05, 4.69) is 76.3 Å². The second-order valence-electron chi connectivity index (χ2n) is 5.80. The Balaban J connectivity index is 1.66. The number of aromatic nitrogens is 3. The minimum absolute atomic E-state index is 0.840. The predicted molar refractivity (Wildman–Crippen MR) is 100 cm³/mol. The Morgan fingerprint density at radius 1 is 0.875 bits per heavy atom. The molecule has 0 radical (unpaired) electrons. The molecular formula is C20H23N3S. The number of thioether (sulfide) groups is 1. The van der Waals surface area contributed by atoms with E-state index in [1.54, 1.807) is 11.8 Å². The maximum Gasteiger partial charge on any atom is 0.191 e.